The van der Waals surface area contributed by atoms with Crippen molar-refractivity contribution in [2.45, 2.75) is 4.90 Å². The number of aromatic nitrogens is 1. The number of benzene rings is 1. The van der Waals surface area contributed by atoms with Crippen LogP contribution < -0.4 is 9.83 Å². The zero-order valence-electron chi connectivity index (χ0n) is 11.1. The van der Waals surface area contributed by atoms with Crippen molar-refractivity contribution in [3.63, 3.8) is 0 Å². The van der Waals surface area contributed by atoms with Gasteiger partial charge in [-0.1, -0.05) is 17.7 Å². The van der Waals surface area contributed by atoms with Crippen molar-refractivity contribution in [1.29, 1.82) is 0 Å². The van der Waals surface area contributed by atoms with Gasteiger partial charge in [0, 0.05) is 6.07 Å². The number of halogens is 1. The van der Waals surface area contributed by atoms with Crippen molar-refractivity contribution in [2.24, 2.45) is 0 Å². The Morgan fingerprint density at radius 2 is 1.96 bits per heavy atom. The average molecular weight is 357 g/mol. The predicted octanol–water partition coefficient (Wildman–Crippen LogP) is 0.807. The summed E-state index contributed by atoms with van der Waals surface area (Å²) < 4.78 is 26.5. The van der Waals surface area contributed by atoms with E-state index in [4.69, 9.17) is 11.6 Å². The fourth-order valence-corrected chi connectivity index (χ4v) is 3.12. The first-order chi connectivity index (χ1) is 10.7. The van der Waals surface area contributed by atoms with Crippen LogP contribution in [0.25, 0.3) is 0 Å². The van der Waals surface area contributed by atoms with Gasteiger partial charge in [-0.15, -0.1) is 0 Å². The standard InChI is InChI=1S/C12H8ClN3O6S/c13-9-3-1-7(12(17)18)5-10(9)23(21,22)15-11-4-2-8(6-14-11)16(19)20/h1-6H,(H,14,15)(H,17,18)/p-1. The Labute approximate surface area is 134 Å². The van der Waals surface area contributed by atoms with Gasteiger partial charge >= 0.3 is 0 Å². The van der Waals surface area contributed by atoms with E-state index >= 15 is 0 Å². The van der Waals surface area contributed by atoms with Gasteiger partial charge < -0.3 is 9.90 Å². The van der Waals surface area contributed by atoms with E-state index in [0.29, 0.717) is 0 Å². The molecule has 2 rings (SSSR count). The SMILES string of the molecule is O=C([O-])c1ccc(Cl)c(S(=O)(=O)Nc2ccc([N+](=O)[O-])cn2)c1. The summed E-state index contributed by atoms with van der Waals surface area (Å²) >= 11 is 5.78. The number of carbonyl (C=O) groups is 1. The van der Waals surface area contributed by atoms with Crippen molar-refractivity contribution in [2.75, 3.05) is 4.72 Å². The molecule has 0 unspecified atom stereocenters. The molecular formula is C12H7ClN3O6S-. The Morgan fingerprint density at radius 1 is 1.26 bits per heavy atom. The first-order valence-corrected chi connectivity index (χ1v) is 7.71. The Balaban J connectivity index is 2.37. The lowest BCUT2D eigenvalue weighted by Gasteiger charge is -2.10. The minimum absolute atomic E-state index is 0.189. The number of aromatic carboxylic acids is 1. The van der Waals surface area contributed by atoms with Gasteiger partial charge in [0.05, 0.1) is 15.9 Å². The summed E-state index contributed by atoms with van der Waals surface area (Å²) in [4.78, 5) is 23.7. The third-order valence-electron chi connectivity index (χ3n) is 2.65. The summed E-state index contributed by atoms with van der Waals surface area (Å²) in [6, 6.07) is 5.19. The fourth-order valence-electron chi connectivity index (χ4n) is 1.58. The van der Waals surface area contributed by atoms with E-state index in [-0.39, 0.29) is 22.1 Å². The van der Waals surface area contributed by atoms with Crippen molar-refractivity contribution >= 4 is 39.1 Å². The summed E-state index contributed by atoms with van der Waals surface area (Å²) in [6.45, 7) is 0. The molecule has 9 nitrogen and oxygen atoms in total. The summed E-state index contributed by atoms with van der Waals surface area (Å²) in [6.07, 6.45) is 0.872. The van der Waals surface area contributed by atoms with Crippen LogP contribution >= 0.6 is 11.6 Å². The quantitative estimate of drug-likeness (QED) is 0.616. The summed E-state index contributed by atoms with van der Waals surface area (Å²) in [7, 11) is -4.24. The number of hydrogen-bond donors (Lipinski definition) is 1. The van der Waals surface area contributed by atoms with Crippen LogP contribution in [0.4, 0.5) is 11.5 Å². The minimum atomic E-state index is -4.24. The highest BCUT2D eigenvalue weighted by Gasteiger charge is 2.20. The normalized spacial score (nSPS) is 11.0. The Bertz CT molecular complexity index is 882. The second-order valence-corrected chi connectivity index (χ2v) is 6.25. The number of carboxylic acid groups (broad SMARTS) is 1. The molecule has 0 amide bonds. The number of nitrogens with one attached hydrogen (secondary N) is 1. The molecule has 0 atom stereocenters. The van der Waals surface area contributed by atoms with E-state index in [0.717, 1.165) is 36.5 Å². The molecule has 1 aromatic carbocycles. The molecule has 0 saturated heterocycles. The maximum atomic E-state index is 12.2. The molecule has 0 radical (unpaired) electrons. The highest BCUT2D eigenvalue weighted by molar-refractivity contribution is 7.92. The molecule has 23 heavy (non-hydrogen) atoms. The van der Waals surface area contributed by atoms with Gasteiger partial charge in [0.25, 0.3) is 15.7 Å². The molecule has 11 heteroatoms. The Kier molecular flexibility index (Phi) is 4.48. The number of nitro groups is 1. The number of anilines is 1. The second kappa shape index (κ2) is 6.18. The largest absolute Gasteiger partial charge is 0.545 e. The lowest BCUT2D eigenvalue weighted by Crippen LogP contribution is -2.23. The molecule has 1 N–H and O–H groups in total. The molecule has 2 aromatic rings. The van der Waals surface area contributed by atoms with Crippen LogP contribution in [0.3, 0.4) is 0 Å². The number of rotatable bonds is 5. The van der Waals surface area contributed by atoms with Gasteiger partial charge in [0.15, 0.2) is 0 Å². The third kappa shape index (κ3) is 3.73. The number of hydrogen-bond acceptors (Lipinski definition) is 7. The number of pyridine rings is 1. The maximum absolute atomic E-state index is 12.2. The van der Waals surface area contributed by atoms with Gasteiger partial charge in [0.1, 0.15) is 16.9 Å². The van der Waals surface area contributed by atoms with Crippen LogP contribution in [0.15, 0.2) is 41.4 Å². The van der Waals surface area contributed by atoms with Crippen LogP contribution in [-0.2, 0) is 10.0 Å². The lowest BCUT2D eigenvalue weighted by atomic mass is 10.2. The van der Waals surface area contributed by atoms with Crippen LogP contribution in [0.1, 0.15) is 10.4 Å². The van der Waals surface area contributed by atoms with Gasteiger partial charge in [-0.3, -0.25) is 14.8 Å². The smallest absolute Gasteiger partial charge is 0.287 e. The third-order valence-corrected chi connectivity index (χ3v) is 4.49. The van der Waals surface area contributed by atoms with Gasteiger partial charge in [0.2, 0.25) is 0 Å². The first kappa shape index (κ1) is 16.6. The van der Waals surface area contributed by atoms with E-state index in [1.54, 1.807) is 0 Å². The first-order valence-electron chi connectivity index (χ1n) is 5.85. The van der Waals surface area contributed by atoms with Crippen molar-refractivity contribution in [3.8, 4) is 0 Å². The zero-order valence-corrected chi connectivity index (χ0v) is 12.7. The van der Waals surface area contributed by atoms with Crippen molar-refractivity contribution < 1.29 is 23.2 Å². The fraction of sp³-hybridized carbons (Fsp3) is 0. The van der Waals surface area contributed by atoms with Gasteiger partial charge in [-0.05, 0) is 23.8 Å². The summed E-state index contributed by atoms with van der Waals surface area (Å²) in [5, 5.41) is 21.1. The highest BCUT2D eigenvalue weighted by atomic mass is 35.5. The molecule has 0 fully saturated rings. The van der Waals surface area contributed by atoms with E-state index < -0.39 is 25.8 Å². The van der Waals surface area contributed by atoms with E-state index in [1.165, 1.54) is 0 Å². The molecule has 0 aliphatic heterocycles. The molecular weight excluding hydrogens is 350 g/mol. The average Bonchev–Trinajstić information content (AvgIpc) is 2.47. The second-order valence-electron chi connectivity index (χ2n) is 4.20. The predicted molar refractivity (Wildman–Crippen MR) is 77.5 cm³/mol. The van der Waals surface area contributed by atoms with Gasteiger partial charge in [-0.25, -0.2) is 13.4 Å². The molecule has 0 aliphatic rings. The monoisotopic (exact) mass is 356 g/mol. The molecule has 0 bridgehead atoms. The molecule has 1 heterocycles. The Hall–Kier alpha value is -2.72. The summed E-state index contributed by atoms with van der Waals surface area (Å²) in [5.74, 6) is -1.75. The number of sulfonamides is 1. The number of nitrogens with zero attached hydrogens (tertiary/aromatic N) is 2. The zero-order chi connectivity index (χ0) is 17.2. The lowest BCUT2D eigenvalue weighted by molar-refractivity contribution is -0.385. The molecule has 120 valence electrons. The number of carboxylic acids is 1. The molecule has 0 saturated carbocycles. The van der Waals surface area contributed by atoms with Gasteiger partial charge in [-0.2, -0.15) is 0 Å². The van der Waals surface area contributed by atoms with Crippen LogP contribution in [0, 0.1) is 10.1 Å². The van der Waals surface area contributed by atoms with Crippen molar-refractivity contribution in [3.05, 3.63) is 57.2 Å². The van der Waals surface area contributed by atoms with Crippen LogP contribution in [0.2, 0.25) is 5.02 Å². The maximum Gasteiger partial charge on any atom is 0.287 e. The number of carbonyl (C=O) groups excluding carboxylic acids is 1. The highest BCUT2D eigenvalue weighted by Crippen LogP contribution is 2.24. The van der Waals surface area contributed by atoms with E-state index in [1.807, 2.05) is 4.72 Å². The molecule has 0 spiro atoms. The van der Waals surface area contributed by atoms with Crippen LogP contribution in [-0.4, -0.2) is 24.3 Å². The topological polar surface area (TPSA) is 142 Å². The Morgan fingerprint density at radius 3 is 2.48 bits per heavy atom. The summed E-state index contributed by atoms with van der Waals surface area (Å²) in [5.41, 5.74) is -0.684. The molecule has 1 aromatic heterocycles. The van der Waals surface area contributed by atoms with E-state index in [2.05, 4.69) is 4.98 Å². The van der Waals surface area contributed by atoms with Crippen LogP contribution in [0.5, 0.6) is 0 Å². The minimum Gasteiger partial charge on any atom is -0.545 e. The van der Waals surface area contributed by atoms with Crippen molar-refractivity contribution in [1.82, 2.24) is 4.98 Å². The van der Waals surface area contributed by atoms with E-state index in [9.17, 15) is 28.4 Å². The molecule has 0 aliphatic carbocycles.